The lowest BCUT2D eigenvalue weighted by molar-refractivity contribution is -0.142. The van der Waals surface area contributed by atoms with Gasteiger partial charge in [-0.15, -0.1) is 4.98 Å². The lowest BCUT2D eigenvalue weighted by Gasteiger charge is -2.28. The van der Waals surface area contributed by atoms with E-state index in [1.807, 2.05) is 0 Å². The van der Waals surface area contributed by atoms with Crippen molar-refractivity contribution in [2.75, 3.05) is 0 Å². The van der Waals surface area contributed by atoms with Gasteiger partial charge >= 0.3 is 36.7 Å². The van der Waals surface area contributed by atoms with Gasteiger partial charge in [0.1, 0.15) is 23.1 Å². The van der Waals surface area contributed by atoms with Crippen molar-refractivity contribution < 1.29 is 75.5 Å². The molecule has 6 nitrogen and oxygen atoms in total. The third kappa shape index (κ3) is 8.46. The first-order valence-corrected chi connectivity index (χ1v) is 17.6. The molecular weight excluding hydrogens is 831 g/mol. The summed E-state index contributed by atoms with van der Waals surface area (Å²) in [6.45, 7) is 0. The van der Waals surface area contributed by atoms with Gasteiger partial charge in [-0.25, -0.2) is 8.78 Å². The van der Waals surface area contributed by atoms with Crippen LogP contribution >= 0.6 is 7.14 Å². The van der Waals surface area contributed by atoms with Gasteiger partial charge in [0.15, 0.2) is 13.0 Å². The minimum Gasteiger partial charge on any atom is -0.424 e. The zero-order valence-corrected chi connectivity index (χ0v) is 29.1. The highest BCUT2D eigenvalue weighted by Crippen LogP contribution is 2.52. The highest BCUT2D eigenvalue weighted by atomic mass is 31.2. The maximum atomic E-state index is 17.1. The molecule has 1 atom stereocenters. The van der Waals surface area contributed by atoms with E-state index in [4.69, 9.17) is 9.47 Å². The number of para-hydroxylation sites is 2. The standard InChI is InChI=1S/C37H18F14N3O3P/c38-26-15-13-23(31-52-32(56-21-7-3-1-4-8-21)54-33(53-31)57-22-9-5-2-6-10-22)29(39)30(26)58(55,27-16-12-19(34(40,41)42)17-25(27)37(49,50)51)28-18-20(35(43,44)45)11-14-24(28)36(46,47)48/h1-18H. The van der Waals surface area contributed by atoms with Crippen molar-refractivity contribution in [3.8, 4) is 34.9 Å². The molecule has 21 heteroatoms. The second kappa shape index (κ2) is 15.0. The molecule has 1 heterocycles. The number of benzene rings is 5. The van der Waals surface area contributed by atoms with Crippen LogP contribution in [-0.4, -0.2) is 15.0 Å². The zero-order valence-electron chi connectivity index (χ0n) is 28.2. The molecular formula is C37H18F14N3O3P. The van der Waals surface area contributed by atoms with Crippen molar-refractivity contribution in [3.05, 3.63) is 143 Å². The predicted molar refractivity (Wildman–Crippen MR) is 178 cm³/mol. The Morgan fingerprint density at radius 2 is 0.966 bits per heavy atom. The first-order valence-electron chi connectivity index (χ1n) is 15.9. The van der Waals surface area contributed by atoms with Crippen molar-refractivity contribution >= 4 is 23.1 Å². The van der Waals surface area contributed by atoms with Crippen LogP contribution in [0.3, 0.4) is 0 Å². The molecule has 0 fully saturated rings. The van der Waals surface area contributed by atoms with Crippen molar-refractivity contribution in [3.63, 3.8) is 0 Å². The van der Waals surface area contributed by atoms with E-state index in [2.05, 4.69) is 15.0 Å². The molecule has 0 bridgehead atoms. The van der Waals surface area contributed by atoms with Crippen molar-refractivity contribution in [2.45, 2.75) is 24.7 Å². The molecule has 1 aromatic heterocycles. The van der Waals surface area contributed by atoms with E-state index >= 15 is 13.3 Å². The van der Waals surface area contributed by atoms with Gasteiger partial charge in [-0.2, -0.15) is 62.7 Å². The molecule has 0 aliphatic heterocycles. The number of halogens is 14. The van der Waals surface area contributed by atoms with Crippen molar-refractivity contribution in [1.29, 1.82) is 0 Å². The van der Waals surface area contributed by atoms with Crippen LogP contribution in [0.2, 0.25) is 0 Å². The monoisotopic (exact) mass is 849 g/mol. The van der Waals surface area contributed by atoms with Gasteiger partial charge in [-0.1, -0.05) is 36.4 Å². The van der Waals surface area contributed by atoms with Crippen LogP contribution in [0.4, 0.5) is 61.5 Å². The summed E-state index contributed by atoms with van der Waals surface area (Å²) in [7, 11) is -6.76. The molecule has 0 amide bonds. The number of nitrogens with zero attached hydrogens (tertiary/aromatic N) is 3. The lowest BCUT2D eigenvalue weighted by atomic mass is 10.1. The smallest absolute Gasteiger partial charge is 0.417 e. The van der Waals surface area contributed by atoms with E-state index in [9.17, 15) is 52.7 Å². The van der Waals surface area contributed by atoms with E-state index in [0.717, 1.165) is 0 Å². The fourth-order valence-electron chi connectivity index (χ4n) is 5.53. The molecule has 0 spiro atoms. The van der Waals surface area contributed by atoms with Gasteiger partial charge in [-0.05, 0) is 72.8 Å². The van der Waals surface area contributed by atoms with Gasteiger partial charge < -0.3 is 14.0 Å². The number of hydrogen-bond donors (Lipinski definition) is 0. The lowest BCUT2D eigenvalue weighted by Crippen LogP contribution is -2.37. The Kier molecular flexibility index (Phi) is 10.8. The van der Waals surface area contributed by atoms with Crippen LogP contribution in [0.5, 0.6) is 23.5 Å². The van der Waals surface area contributed by atoms with E-state index in [0.29, 0.717) is 6.07 Å². The molecule has 58 heavy (non-hydrogen) atoms. The van der Waals surface area contributed by atoms with Gasteiger partial charge in [0.25, 0.3) is 0 Å². The van der Waals surface area contributed by atoms with Gasteiger partial charge in [0.2, 0.25) is 0 Å². The summed E-state index contributed by atoms with van der Waals surface area (Å²) < 4.78 is 230. The minimum absolute atomic E-state index is 0.0429. The van der Waals surface area contributed by atoms with Gasteiger partial charge in [-0.3, -0.25) is 0 Å². The maximum absolute atomic E-state index is 17.1. The normalized spacial score (nSPS) is 13.6. The molecule has 6 rings (SSSR count). The first kappa shape index (κ1) is 41.6. The average Bonchev–Trinajstić information content (AvgIpc) is 3.13. The van der Waals surface area contributed by atoms with Crippen LogP contribution in [0.15, 0.2) is 109 Å². The van der Waals surface area contributed by atoms with Crippen LogP contribution in [0.1, 0.15) is 22.3 Å². The summed E-state index contributed by atoms with van der Waals surface area (Å²) in [5, 5.41) is -6.56. The number of rotatable bonds is 8. The Hall–Kier alpha value is -6.04. The third-order valence-corrected chi connectivity index (χ3v) is 11.2. The molecule has 0 saturated carbocycles. The second-order valence-electron chi connectivity index (χ2n) is 11.9. The number of aromatic nitrogens is 3. The topological polar surface area (TPSA) is 74.2 Å². The van der Waals surface area contributed by atoms with Gasteiger partial charge in [0.05, 0.1) is 33.1 Å². The molecule has 0 saturated heterocycles. The largest absolute Gasteiger partial charge is 0.424 e. The number of hydrogen-bond acceptors (Lipinski definition) is 6. The third-order valence-electron chi connectivity index (χ3n) is 8.06. The molecule has 6 aromatic rings. The van der Waals surface area contributed by atoms with Crippen molar-refractivity contribution in [1.82, 2.24) is 15.0 Å². The van der Waals surface area contributed by atoms with Crippen LogP contribution in [0.25, 0.3) is 11.4 Å². The highest BCUT2D eigenvalue weighted by Gasteiger charge is 2.50. The summed E-state index contributed by atoms with van der Waals surface area (Å²) >= 11 is 0. The summed E-state index contributed by atoms with van der Waals surface area (Å²) in [6, 6.07) is 11.8. The summed E-state index contributed by atoms with van der Waals surface area (Å²) in [5.74, 6) is -5.34. The van der Waals surface area contributed by atoms with E-state index in [1.54, 1.807) is 12.1 Å². The number of alkyl halides is 12. The Balaban J connectivity index is 1.72. The van der Waals surface area contributed by atoms with E-state index in [1.165, 1.54) is 48.5 Å². The zero-order chi connectivity index (χ0) is 42.4. The Morgan fingerprint density at radius 1 is 0.483 bits per heavy atom. The highest BCUT2D eigenvalue weighted by molar-refractivity contribution is 7.85. The van der Waals surface area contributed by atoms with Gasteiger partial charge in [0, 0.05) is 10.6 Å². The second-order valence-corrected chi connectivity index (χ2v) is 14.5. The molecule has 0 N–H and O–H groups in total. The quantitative estimate of drug-likeness (QED) is 0.112. The summed E-state index contributed by atoms with van der Waals surface area (Å²) in [6.07, 6.45) is -23.1. The minimum atomic E-state index is -6.76. The molecule has 302 valence electrons. The Bertz CT molecular complexity index is 2470. The Labute approximate surface area is 316 Å². The summed E-state index contributed by atoms with van der Waals surface area (Å²) in [5.41, 5.74) is -10.3. The van der Waals surface area contributed by atoms with Crippen LogP contribution in [-0.2, 0) is 29.3 Å². The Morgan fingerprint density at radius 3 is 1.45 bits per heavy atom. The molecule has 0 aliphatic rings. The van der Waals surface area contributed by atoms with Crippen LogP contribution < -0.4 is 25.4 Å². The average molecular weight is 850 g/mol. The van der Waals surface area contributed by atoms with Crippen LogP contribution in [0, 0.1) is 11.6 Å². The van der Waals surface area contributed by atoms with Crippen molar-refractivity contribution in [2.24, 2.45) is 0 Å². The first-order chi connectivity index (χ1) is 27.0. The SMILES string of the molecule is O=P(c1ccc(C(F)(F)F)cc1C(F)(F)F)(c1cc(C(F)(F)F)ccc1C(F)(F)F)c1c(F)ccc(-c2nc(Oc3ccccc3)nc(Oc3ccccc3)n2)c1F. The molecule has 1 unspecified atom stereocenters. The van der Waals surface area contributed by atoms with E-state index in [-0.39, 0.29) is 41.8 Å². The predicted octanol–water partition coefficient (Wildman–Crippen LogP) is 11.1. The molecule has 0 aliphatic carbocycles. The molecule has 0 radical (unpaired) electrons. The fraction of sp³-hybridized carbons (Fsp3) is 0.108. The summed E-state index contributed by atoms with van der Waals surface area (Å²) in [4.78, 5) is 11.7. The maximum Gasteiger partial charge on any atom is 0.417 e. The van der Waals surface area contributed by atoms with E-state index < -0.39 is 117 Å². The number of ether oxygens (including phenoxy) is 2. The molecule has 5 aromatic carbocycles. The fourth-order valence-corrected chi connectivity index (χ4v) is 8.72.